The van der Waals surface area contributed by atoms with Gasteiger partial charge in [0.05, 0.1) is 23.2 Å². The lowest BCUT2D eigenvalue weighted by Gasteiger charge is -2.16. The molecule has 2 rings (SSSR count). The van der Waals surface area contributed by atoms with Crippen LogP contribution in [0.2, 0.25) is 5.02 Å². The van der Waals surface area contributed by atoms with E-state index in [4.69, 9.17) is 21.8 Å². The van der Waals surface area contributed by atoms with Crippen molar-refractivity contribution >= 4 is 22.9 Å². The molecule has 19 heavy (non-hydrogen) atoms. The zero-order valence-electron chi connectivity index (χ0n) is 11.2. The van der Waals surface area contributed by atoms with E-state index in [2.05, 4.69) is 26.8 Å². The van der Waals surface area contributed by atoms with Crippen molar-refractivity contribution in [2.75, 3.05) is 0 Å². The Balaban J connectivity index is 2.56. The molecule has 0 aliphatic rings. The van der Waals surface area contributed by atoms with Crippen molar-refractivity contribution in [3.8, 4) is 16.6 Å². The molecule has 0 saturated carbocycles. The van der Waals surface area contributed by atoms with Crippen molar-refractivity contribution in [2.45, 2.75) is 32.6 Å². The lowest BCUT2D eigenvalue weighted by Crippen LogP contribution is -2.13. The van der Waals surface area contributed by atoms with Gasteiger partial charge in [-0.05, 0) is 6.07 Å². The van der Waals surface area contributed by atoms with Crippen LogP contribution in [0.1, 0.15) is 31.3 Å². The first-order valence-corrected chi connectivity index (χ1v) is 7.25. The van der Waals surface area contributed by atoms with Crippen LogP contribution in [0.5, 0.6) is 0 Å². The van der Waals surface area contributed by atoms with E-state index in [1.807, 2.05) is 24.3 Å². The lowest BCUT2D eigenvalue weighted by molar-refractivity contribution is 0.568. The SMILES string of the molecule is CC(C)(C)c1nc(-c2ccccc2Cl)sc1CC#N. The molecule has 98 valence electrons. The van der Waals surface area contributed by atoms with Gasteiger partial charge in [0.1, 0.15) is 5.01 Å². The summed E-state index contributed by atoms with van der Waals surface area (Å²) in [5, 5.41) is 10.5. The number of aromatic nitrogens is 1. The third kappa shape index (κ3) is 2.97. The molecule has 0 bridgehead atoms. The second-order valence-electron chi connectivity index (χ2n) is 5.36. The standard InChI is InChI=1S/C15H15ClN2S/c1-15(2,3)13-12(8-9-17)19-14(18-13)10-6-4-5-7-11(10)16/h4-7H,8H2,1-3H3. The highest BCUT2D eigenvalue weighted by Crippen LogP contribution is 2.37. The zero-order chi connectivity index (χ0) is 14.0. The Bertz CT molecular complexity index is 632. The number of benzene rings is 1. The first kappa shape index (κ1) is 14.0. The Kier molecular flexibility index (Phi) is 3.93. The van der Waals surface area contributed by atoms with E-state index in [1.54, 1.807) is 11.3 Å². The topological polar surface area (TPSA) is 36.7 Å². The predicted octanol–water partition coefficient (Wildman–Crippen LogP) is 4.83. The van der Waals surface area contributed by atoms with Crippen molar-refractivity contribution < 1.29 is 0 Å². The summed E-state index contributed by atoms with van der Waals surface area (Å²) in [7, 11) is 0. The summed E-state index contributed by atoms with van der Waals surface area (Å²) in [4.78, 5) is 5.75. The number of nitrogens with zero attached hydrogens (tertiary/aromatic N) is 2. The molecule has 2 nitrogen and oxygen atoms in total. The fraction of sp³-hybridized carbons (Fsp3) is 0.333. The highest BCUT2D eigenvalue weighted by Gasteiger charge is 2.23. The Labute approximate surface area is 122 Å². The average molecular weight is 291 g/mol. The number of rotatable bonds is 2. The summed E-state index contributed by atoms with van der Waals surface area (Å²) < 4.78 is 0. The number of hydrogen-bond acceptors (Lipinski definition) is 3. The molecule has 1 heterocycles. The molecular weight excluding hydrogens is 276 g/mol. The van der Waals surface area contributed by atoms with Gasteiger partial charge in [0, 0.05) is 15.9 Å². The minimum Gasteiger partial charge on any atom is -0.240 e. The monoisotopic (exact) mass is 290 g/mol. The smallest absolute Gasteiger partial charge is 0.125 e. The molecule has 0 spiro atoms. The Hall–Kier alpha value is -1.37. The molecule has 1 aromatic heterocycles. The number of thiazole rings is 1. The third-order valence-electron chi connectivity index (χ3n) is 2.75. The summed E-state index contributed by atoms with van der Waals surface area (Å²) in [6.07, 6.45) is 0.398. The Morgan fingerprint density at radius 3 is 2.58 bits per heavy atom. The number of hydrogen-bond donors (Lipinski definition) is 0. The zero-order valence-corrected chi connectivity index (χ0v) is 12.8. The minimum atomic E-state index is -0.0673. The maximum atomic E-state index is 8.95. The number of nitriles is 1. The summed E-state index contributed by atoms with van der Waals surface area (Å²) in [5.74, 6) is 0. The molecule has 1 aromatic carbocycles. The van der Waals surface area contributed by atoms with Gasteiger partial charge in [-0.3, -0.25) is 0 Å². The molecular formula is C15H15ClN2S. The Morgan fingerprint density at radius 2 is 2.00 bits per heavy atom. The molecule has 0 fully saturated rings. The van der Waals surface area contributed by atoms with Crippen LogP contribution in [-0.4, -0.2) is 4.98 Å². The van der Waals surface area contributed by atoms with Crippen molar-refractivity contribution in [1.29, 1.82) is 5.26 Å². The van der Waals surface area contributed by atoms with Gasteiger partial charge >= 0.3 is 0 Å². The van der Waals surface area contributed by atoms with Gasteiger partial charge in [0.25, 0.3) is 0 Å². The largest absolute Gasteiger partial charge is 0.240 e. The van der Waals surface area contributed by atoms with Gasteiger partial charge in [-0.15, -0.1) is 11.3 Å². The molecule has 4 heteroatoms. The maximum absolute atomic E-state index is 8.95. The first-order chi connectivity index (χ1) is 8.93. The summed E-state index contributed by atoms with van der Waals surface area (Å²) in [6.45, 7) is 6.33. The van der Waals surface area contributed by atoms with Gasteiger partial charge in [0.2, 0.25) is 0 Å². The highest BCUT2D eigenvalue weighted by atomic mass is 35.5. The van der Waals surface area contributed by atoms with Crippen molar-refractivity contribution in [3.63, 3.8) is 0 Å². The second-order valence-corrected chi connectivity index (χ2v) is 6.85. The fourth-order valence-corrected chi connectivity index (χ4v) is 3.40. The molecule has 0 N–H and O–H groups in total. The fourth-order valence-electron chi connectivity index (χ4n) is 1.88. The van der Waals surface area contributed by atoms with Crippen LogP contribution in [-0.2, 0) is 11.8 Å². The number of halogens is 1. The van der Waals surface area contributed by atoms with E-state index in [1.165, 1.54) is 0 Å². The summed E-state index contributed by atoms with van der Waals surface area (Å²) in [5.41, 5.74) is 1.86. The molecule has 2 aromatic rings. The minimum absolute atomic E-state index is 0.0673. The maximum Gasteiger partial charge on any atom is 0.125 e. The van der Waals surface area contributed by atoms with Gasteiger partial charge < -0.3 is 0 Å². The molecule has 0 atom stereocenters. The van der Waals surface area contributed by atoms with E-state index < -0.39 is 0 Å². The van der Waals surface area contributed by atoms with Gasteiger partial charge in [-0.1, -0.05) is 50.6 Å². The molecule has 0 aliphatic heterocycles. The van der Waals surface area contributed by atoms with Gasteiger partial charge in [0.15, 0.2) is 0 Å². The van der Waals surface area contributed by atoms with Crippen molar-refractivity contribution in [2.24, 2.45) is 0 Å². The third-order valence-corrected chi connectivity index (χ3v) is 4.17. The first-order valence-electron chi connectivity index (χ1n) is 6.05. The van der Waals surface area contributed by atoms with Gasteiger partial charge in [-0.2, -0.15) is 5.26 Å². The van der Waals surface area contributed by atoms with Crippen LogP contribution in [0.15, 0.2) is 24.3 Å². The van der Waals surface area contributed by atoms with Crippen LogP contribution in [0.4, 0.5) is 0 Å². The van der Waals surface area contributed by atoms with Crippen LogP contribution in [0, 0.1) is 11.3 Å². The predicted molar refractivity (Wildman–Crippen MR) is 80.6 cm³/mol. The summed E-state index contributed by atoms with van der Waals surface area (Å²) in [6, 6.07) is 9.89. The molecule has 0 aliphatic carbocycles. The van der Waals surface area contributed by atoms with Gasteiger partial charge in [-0.25, -0.2) is 4.98 Å². The molecule has 0 saturated heterocycles. The Morgan fingerprint density at radius 1 is 1.32 bits per heavy atom. The second kappa shape index (κ2) is 5.32. The van der Waals surface area contributed by atoms with Crippen molar-refractivity contribution in [1.82, 2.24) is 4.98 Å². The van der Waals surface area contributed by atoms with Crippen LogP contribution in [0.3, 0.4) is 0 Å². The quantitative estimate of drug-likeness (QED) is 0.794. The van der Waals surface area contributed by atoms with E-state index in [0.717, 1.165) is 21.1 Å². The molecule has 0 radical (unpaired) electrons. The highest BCUT2D eigenvalue weighted by molar-refractivity contribution is 7.15. The van der Waals surface area contributed by atoms with Crippen LogP contribution >= 0.6 is 22.9 Å². The molecule has 0 unspecified atom stereocenters. The average Bonchev–Trinajstić information content (AvgIpc) is 2.74. The normalized spacial score (nSPS) is 11.3. The van der Waals surface area contributed by atoms with Crippen LogP contribution in [0.25, 0.3) is 10.6 Å². The molecule has 0 amide bonds. The van der Waals surface area contributed by atoms with E-state index >= 15 is 0 Å². The lowest BCUT2D eigenvalue weighted by atomic mass is 9.91. The van der Waals surface area contributed by atoms with E-state index in [9.17, 15) is 0 Å². The van der Waals surface area contributed by atoms with E-state index in [-0.39, 0.29) is 5.41 Å². The summed E-state index contributed by atoms with van der Waals surface area (Å²) >= 11 is 7.77. The van der Waals surface area contributed by atoms with Crippen LogP contribution < -0.4 is 0 Å². The van der Waals surface area contributed by atoms with Crippen molar-refractivity contribution in [3.05, 3.63) is 39.9 Å². The van der Waals surface area contributed by atoms with E-state index in [0.29, 0.717) is 11.4 Å².